The van der Waals surface area contributed by atoms with Crippen LogP contribution < -0.4 is 9.47 Å². The number of ether oxygens (including phenoxy) is 3. The van der Waals surface area contributed by atoms with E-state index in [2.05, 4.69) is 21.8 Å². The van der Waals surface area contributed by atoms with E-state index in [0.29, 0.717) is 24.7 Å². The quantitative estimate of drug-likeness (QED) is 0.825. The average molecular weight is 297 g/mol. The molecule has 7 heteroatoms. The van der Waals surface area contributed by atoms with Crippen molar-refractivity contribution in [3.05, 3.63) is 11.9 Å². The SMILES string of the molecule is CCCN1CCOC(C(O)c2ncc(OC)nc2OC)C1. The Morgan fingerprint density at radius 3 is 2.95 bits per heavy atom. The van der Waals surface area contributed by atoms with Crippen LogP contribution >= 0.6 is 0 Å². The maximum Gasteiger partial charge on any atom is 0.241 e. The molecule has 0 radical (unpaired) electrons. The summed E-state index contributed by atoms with van der Waals surface area (Å²) in [6.45, 7) is 5.30. The molecule has 1 saturated heterocycles. The van der Waals surface area contributed by atoms with E-state index in [0.717, 1.165) is 19.5 Å². The average Bonchev–Trinajstić information content (AvgIpc) is 2.54. The van der Waals surface area contributed by atoms with E-state index in [1.807, 2.05) is 0 Å². The molecule has 0 aliphatic carbocycles. The lowest BCUT2D eigenvalue weighted by Crippen LogP contribution is -2.45. The Morgan fingerprint density at radius 1 is 1.48 bits per heavy atom. The molecule has 7 nitrogen and oxygen atoms in total. The fourth-order valence-corrected chi connectivity index (χ4v) is 2.44. The van der Waals surface area contributed by atoms with Gasteiger partial charge in [-0.05, 0) is 13.0 Å². The summed E-state index contributed by atoms with van der Waals surface area (Å²) in [5.41, 5.74) is 0.377. The van der Waals surface area contributed by atoms with E-state index in [9.17, 15) is 5.11 Å². The van der Waals surface area contributed by atoms with Crippen molar-refractivity contribution in [2.24, 2.45) is 0 Å². The molecule has 2 rings (SSSR count). The third-order valence-corrected chi connectivity index (χ3v) is 3.50. The van der Waals surface area contributed by atoms with Gasteiger partial charge in [-0.2, -0.15) is 4.98 Å². The van der Waals surface area contributed by atoms with Crippen LogP contribution in [0.25, 0.3) is 0 Å². The summed E-state index contributed by atoms with van der Waals surface area (Å²) < 4.78 is 15.9. The number of rotatable bonds is 6. The highest BCUT2D eigenvalue weighted by atomic mass is 16.5. The van der Waals surface area contributed by atoms with Crippen LogP contribution in [0.3, 0.4) is 0 Å². The minimum Gasteiger partial charge on any atom is -0.480 e. The van der Waals surface area contributed by atoms with Gasteiger partial charge >= 0.3 is 0 Å². The van der Waals surface area contributed by atoms with E-state index < -0.39 is 6.10 Å². The Balaban J connectivity index is 2.13. The molecule has 0 amide bonds. The van der Waals surface area contributed by atoms with Crippen molar-refractivity contribution in [3.8, 4) is 11.8 Å². The van der Waals surface area contributed by atoms with E-state index in [-0.39, 0.29) is 12.0 Å². The van der Waals surface area contributed by atoms with Gasteiger partial charge in [0.1, 0.15) is 17.9 Å². The van der Waals surface area contributed by atoms with Gasteiger partial charge in [-0.1, -0.05) is 6.92 Å². The number of methoxy groups -OCH3 is 2. The van der Waals surface area contributed by atoms with Gasteiger partial charge in [0.15, 0.2) is 0 Å². The van der Waals surface area contributed by atoms with Gasteiger partial charge in [0.05, 0.1) is 27.0 Å². The number of aliphatic hydroxyl groups excluding tert-OH is 1. The lowest BCUT2D eigenvalue weighted by atomic mass is 10.1. The zero-order valence-electron chi connectivity index (χ0n) is 12.8. The number of morpholine rings is 1. The summed E-state index contributed by atoms with van der Waals surface area (Å²) in [7, 11) is 3.00. The number of hydrogen-bond acceptors (Lipinski definition) is 7. The highest BCUT2D eigenvalue weighted by Crippen LogP contribution is 2.28. The number of aromatic nitrogens is 2. The Morgan fingerprint density at radius 2 is 2.29 bits per heavy atom. The van der Waals surface area contributed by atoms with Gasteiger partial charge in [-0.15, -0.1) is 0 Å². The van der Waals surface area contributed by atoms with E-state index in [1.54, 1.807) is 0 Å². The van der Waals surface area contributed by atoms with Crippen LogP contribution in [-0.2, 0) is 4.74 Å². The third kappa shape index (κ3) is 3.81. The van der Waals surface area contributed by atoms with E-state index in [1.165, 1.54) is 20.4 Å². The Kier molecular flexibility index (Phi) is 5.72. The van der Waals surface area contributed by atoms with Crippen LogP contribution in [0, 0.1) is 0 Å². The van der Waals surface area contributed by atoms with Crippen LogP contribution in [0.2, 0.25) is 0 Å². The standard InChI is InChI=1S/C14H23N3O4/c1-4-5-17-6-7-21-10(9-17)13(18)12-14(20-3)16-11(19-2)8-15-12/h8,10,13,18H,4-7,9H2,1-3H3. The van der Waals surface area contributed by atoms with Crippen LogP contribution in [0.15, 0.2) is 6.20 Å². The first kappa shape index (κ1) is 15.9. The fraction of sp³-hybridized carbons (Fsp3) is 0.714. The topological polar surface area (TPSA) is 76.9 Å². The fourth-order valence-electron chi connectivity index (χ4n) is 2.44. The molecule has 1 N–H and O–H groups in total. The van der Waals surface area contributed by atoms with Gasteiger partial charge in [0.25, 0.3) is 0 Å². The summed E-state index contributed by atoms with van der Waals surface area (Å²) in [4.78, 5) is 10.6. The first-order chi connectivity index (χ1) is 10.2. The molecule has 1 aromatic rings. The Bertz CT molecular complexity index is 456. The van der Waals surface area contributed by atoms with Gasteiger partial charge in [-0.3, -0.25) is 4.90 Å². The van der Waals surface area contributed by atoms with Crippen molar-refractivity contribution in [3.63, 3.8) is 0 Å². The number of nitrogens with zero attached hydrogens (tertiary/aromatic N) is 3. The van der Waals surface area contributed by atoms with Crippen molar-refractivity contribution in [2.45, 2.75) is 25.6 Å². The molecule has 2 unspecified atom stereocenters. The predicted molar refractivity (Wildman–Crippen MR) is 76.6 cm³/mol. The van der Waals surface area contributed by atoms with Crippen molar-refractivity contribution in [1.29, 1.82) is 0 Å². The van der Waals surface area contributed by atoms with Crippen molar-refractivity contribution >= 4 is 0 Å². The second-order valence-corrected chi connectivity index (χ2v) is 4.96. The number of aliphatic hydroxyl groups is 1. The van der Waals surface area contributed by atoms with Gasteiger partial charge in [0, 0.05) is 13.1 Å². The molecule has 1 aliphatic rings. The molecule has 0 saturated carbocycles. The first-order valence-electron chi connectivity index (χ1n) is 7.16. The number of hydrogen-bond donors (Lipinski definition) is 1. The molecule has 1 fully saturated rings. The molecule has 0 aromatic carbocycles. The monoisotopic (exact) mass is 297 g/mol. The molecule has 0 bridgehead atoms. The molecule has 1 aromatic heterocycles. The molecular formula is C14H23N3O4. The zero-order valence-corrected chi connectivity index (χ0v) is 12.8. The molecule has 2 atom stereocenters. The largest absolute Gasteiger partial charge is 0.480 e. The van der Waals surface area contributed by atoms with Crippen molar-refractivity contribution < 1.29 is 19.3 Å². The maximum absolute atomic E-state index is 10.5. The smallest absolute Gasteiger partial charge is 0.241 e. The second kappa shape index (κ2) is 7.53. The lowest BCUT2D eigenvalue weighted by Gasteiger charge is -2.34. The zero-order chi connectivity index (χ0) is 15.2. The van der Waals surface area contributed by atoms with Crippen LogP contribution in [0.1, 0.15) is 25.1 Å². The molecule has 118 valence electrons. The maximum atomic E-state index is 10.5. The normalized spacial score (nSPS) is 21.0. The van der Waals surface area contributed by atoms with E-state index >= 15 is 0 Å². The summed E-state index contributed by atoms with van der Waals surface area (Å²) in [6.07, 6.45) is 1.34. The summed E-state index contributed by atoms with van der Waals surface area (Å²) in [5.74, 6) is 0.609. The minimum atomic E-state index is -0.877. The first-order valence-corrected chi connectivity index (χ1v) is 7.16. The van der Waals surface area contributed by atoms with Crippen LogP contribution in [-0.4, -0.2) is 66.5 Å². The second-order valence-electron chi connectivity index (χ2n) is 4.96. The Labute approximate surface area is 124 Å². The lowest BCUT2D eigenvalue weighted by molar-refractivity contribution is -0.0917. The van der Waals surface area contributed by atoms with Gasteiger partial charge < -0.3 is 19.3 Å². The highest BCUT2D eigenvalue weighted by molar-refractivity contribution is 5.25. The summed E-state index contributed by atoms with van der Waals surface area (Å²) >= 11 is 0. The van der Waals surface area contributed by atoms with Gasteiger partial charge in [0.2, 0.25) is 11.8 Å². The molecular weight excluding hydrogens is 274 g/mol. The van der Waals surface area contributed by atoms with Crippen LogP contribution in [0.5, 0.6) is 11.8 Å². The summed E-state index contributed by atoms with van der Waals surface area (Å²) in [6, 6.07) is 0. The van der Waals surface area contributed by atoms with Crippen molar-refractivity contribution in [2.75, 3.05) is 40.5 Å². The Hall–Kier alpha value is -1.44. The highest BCUT2D eigenvalue weighted by Gasteiger charge is 2.31. The molecule has 2 heterocycles. The van der Waals surface area contributed by atoms with Crippen molar-refractivity contribution in [1.82, 2.24) is 14.9 Å². The van der Waals surface area contributed by atoms with Crippen LogP contribution in [0.4, 0.5) is 0 Å². The minimum absolute atomic E-state index is 0.262. The van der Waals surface area contributed by atoms with Gasteiger partial charge in [-0.25, -0.2) is 4.98 Å². The molecule has 21 heavy (non-hydrogen) atoms. The predicted octanol–water partition coefficient (Wildman–Crippen LogP) is 0.638. The third-order valence-electron chi connectivity index (χ3n) is 3.50. The van der Waals surface area contributed by atoms with E-state index in [4.69, 9.17) is 14.2 Å². The molecule has 0 spiro atoms. The molecule has 1 aliphatic heterocycles. The summed E-state index contributed by atoms with van der Waals surface area (Å²) in [5, 5.41) is 10.5.